The Kier molecular flexibility index (Phi) is 5.06. The number of hydrogen-bond donors (Lipinski definition) is 2. The maximum absolute atomic E-state index is 10.2. The van der Waals surface area contributed by atoms with E-state index in [0.29, 0.717) is 23.0 Å². The zero-order valence-electron chi connectivity index (χ0n) is 13.6. The summed E-state index contributed by atoms with van der Waals surface area (Å²) in [6, 6.07) is 12.2. The Labute approximate surface area is 144 Å². The zero-order valence-corrected chi connectivity index (χ0v) is 13.6. The molecule has 0 saturated heterocycles. The Hall–Kier alpha value is -3.19. The molecule has 3 rings (SSSR count). The van der Waals surface area contributed by atoms with Gasteiger partial charge in [0, 0.05) is 11.6 Å². The van der Waals surface area contributed by atoms with Gasteiger partial charge in [-0.25, -0.2) is 15.0 Å². The lowest BCUT2D eigenvalue weighted by Crippen LogP contribution is -2.01. The van der Waals surface area contributed by atoms with E-state index in [2.05, 4.69) is 15.0 Å². The van der Waals surface area contributed by atoms with Crippen molar-refractivity contribution in [2.45, 2.75) is 0 Å². The highest BCUT2D eigenvalue weighted by molar-refractivity contribution is 5.67. The molecule has 0 aliphatic heterocycles. The van der Waals surface area contributed by atoms with Gasteiger partial charge in [0.15, 0.2) is 11.6 Å². The van der Waals surface area contributed by atoms with Gasteiger partial charge < -0.3 is 19.7 Å². The van der Waals surface area contributed by atoms with Crippen LogP contribution in [-0.2, 0) is 0 Å². The van der Waals surface area contributed by atoms with Crippen molar-refractivity contribution in [2.75, 3.05) is 20.3 Å². The van der Waals surface area contributed by atoms with E-state index in [4.69, 9.17) is 14.6 Å². The molecule has 2 aromatic carbocycles. The average Bonchev–Trinajstić information content (AvgIpc) is 2.66. The molecule has 1 heterocycles. The topological polar surface area (TPSA) is 97.6 Å². The van der Waals surface area contributed by atoms with Crippen LogP contribution in [0.1, 0.15) is 0 Å². The monoisotopic (exact) mass is 339 g/mol. The number of aromatic nitrogens is 3. The van der Waals surface area contributed by atoms with Crippen molar-refractivity contribution in [1.29, 1.82) is 0 Å². The molecule has 25 heavy (non-hydrogen) atoms. The highest BCUT2D eigenvalue weighted by Gasteiger charge is 2.11. The van der Waals surface area contributed by atoms with Crippen LogP contribution in [0.3, 0.4) is 0 Å². The van der Waals surface area contributed by atoms with Crippen LogP contribution in [0.5, 0.6) is 17.2 Å². The molecule has 0 saturated carbocycles. The van der Waals surface area contributed by atoms with Gasteiger partial charge in [0.25, 0.3) is 0 Å². The second-order valence-electron chi connectivity index (χ2n) is 5.11. The maximum Gasteiger partial charge on any atom is 0.167 e. The zero-order chi connectivity index (χ0) is 17.6. The number of methoxy groups -OCH3 is 1. The van der Waals surface area contributed by atoms with Crippen LogP contribution in [-0.4, -0.2) is 45.5 Å². The Morgan fingerprint density at radius 2 is 1.68 bits per heavy atom. The summed E-state index contributed by atoms with van der Waals surface area (Å²) in [7, 11) is 1.60. The third-order valence-electron chi connectivity index (χ3n) is 3.49. The van der Waals surface area contributed by atoms with Gasteiger partial charge in [0.2, 0.25) is 0 Å². The van der Waals surface area contributed by atoms with E-state index < -0.39 is 0 Å². The number of aliphatic hydroxyl groups excluding tert-OH is 1. The number of phenolic OH excluding ortho intramolecular Hbond substituents is 1. The van der Waals surface area contributed by atoms with Gasteiger partial charge in [-0.2, -0.15) is 0 Å². The van der Waals surface area contributed by atoms with Crippen LogP contribution in [0.2, 0.25) is 0 Å². The predicted molar refractivity (Wildman–Crippen MR) is 91.5 cm³/mol. The number of aliphatic hydroxyl groups is 1. The maximum atomic E-state index is 10.2. The fourth-order valence-electron chi connectivity index (χ4n) is 2.26. The van der Waals surface area contributed by atoms with Crippen LogP contribution in [0.15, 0.2) is 48.8 Å². The largest absolute Gasteiger partial charge is 0.507 e. The van der Waals surface area contributed by atoms with Crippen molar-refractivity contribution in [3.8, 4) is 40.0 Å². The van der Waals surface area contributed by atoms with Crippen molar-refractivity contribution in [3.63, 3.8) is 0 Å². The lowest BCUT2D eigenvalue weighted by molar-refractivity contribution is 0.201. The molecule has 0 aliphatic rings. The van der Waals surface area contributed by atoms with Crippen LogP contribution in [0, 0.1) is 0 Å². The van der Waals surface area contributed by atoms with Crippen LogP contribution >= 0.6 is 0 Å². The summed E-state index contributed by atoms with van der Waals surface area (Å²) in [6.45, 7) is 0.0629. The van der Waals surface area contributed by atoms with Crippen molar-refractivity contribution >= 4 is 0 Å². The van der Waals surface area contributed by atoms with Crippen LogP contribution in [0.25, 0.3) is 22.8 Å². The molecule has 0 fully saturated rings. The van der Waals surface area contributed by atoms with Crippen molar-refractivity contribution in [1.82, 2.24) is 15.0 Å². The molecule has 0 unspecified atom stereocenters. The van der Waals surface area contributed by atoms with Gasteiger partial charge >= 0.3 is 0 Å². The van der Waals surface area contributed by atoms with Crippen LogP contribution < -0.4 is 9.47 Å². The van der Waals surface area contributed by atoms with Crippen molar-refractivity contribution < 1.29 is 19.7 Å². The highest BCUT2D eigenvalue weighted by Crippen LogP contribution is 2.31. The first-order valence-corrected chi connectivity index (χ1v) is 7.62. The van der Waals surface area contributed by atoms with Gasteiger partial charge in [-0.1, -0.05) is 0 Å². The molecule has 7 heteroatoms. The molecule has 0 bridgehead atoms. The third kappa shape index (κ3) is 3.84. The van der Waals surface area contributed by atoms with Gasteiger partial charge in [0.1, 0.15) is 30.2 Å². The fourth-order valence-corrected chi connectivity index (χ4v) is 2.26. The second-order valence-corrected chi connectivity index (χ2v) is 5.11. The summed E-state index contributed by atoms with van der Waals surface area (Å²) in [5.41, 5.74) is 1.28. The Morgan fingerprint density at radius 3 is 2.36 bits per heavy atom. The Bertz CT molecular complexity index is 853. The van der Waals surface area contributed by atoms with Crippen LogP contribution in [0.4, 0.5) is 0 Å². The van der Waals surface area contributed by atoms with E-state index >= 15 is 0 Å². The number of ether oxygens (including phenoxy) is 2. The van der Waals surface area contributed by atoms with Crippen molar-refractivity contribution in [2.24, 2.45) is 0 Å². The second kappa shape index (κ2) is 7.59. The minimum absolute atomic E-state index is 0.0117. The van der Waals surface area contributed by atoms with Gasteiger partial charge in [-0.3, -0.25) is 0 Å². The lowest BCUT2D eigenvalue weighted by Gasteiger charge is -2.08. The number of benzene rings is 2. The highest BCUT2D eigenvalue weighted by atomic mass is 16.5. The van der Waals surface area contributed by atoms with Gasteiger partial charge in [0.05, 0.1) is 19.3 Å². The summed E-state index contributed by atoms with van der Waals surface area (Å²) < 4.78 is 10.4. The molecule has 3 aromatic rings. The van der Waals surface area contributed by atoms with E-state index in [-0.39, 0.29) is 19.0 Å². The summed E-state index contributed by atoms with van der Waals surface area (Å²) in [5.74, 6) is 2.04. The first-order chi connectivity index (χ1) is 12.2. The molecular weight excluding hydrogens is 322 g/mol. The lowest BCUT2D eigenvalue weighted by atomic mass is 10.1. The molecule has 1 aromatic heterocycles. The Morgan fingerprint density at radius 1 is 0.960 bits per heavy atom. The summed E-state index contributed by atoms with van der Waals surface area (Å²) in [6.07, 6.45) is 1.40. The molecule has 0 aliphatic carbocycles. The molecule has 7 nitrogen and oxygen atoms in total. The molecule has 0 spiro atoms. The number of nitrogens with zero attached hydrogens (tertiary/aromatic N) is 3. The van der Waals surface area contributed by atoms with E-state index in [1.54, 1.807) is 19.2 Å². The molecule has 0 amide bonds. The number of rotatable bonds is 6. The molecule has 2 N–H and O–H groups in total. The summed E-state index contributed by atoms with van der Waals surface area (Å²) in [4.78, 5) is 12.7. The summed E-state index contributed by atoms with van der Waals surface area (Å²) in [5, 5.41) is 19.0. The van der Waals surface area contributed by atoms with E-state index in [1.165, 1.54) is 12.4 Å². The average molecular weight is 339 g/mol. The third-order valence-corrected chi connectivity index (χ3v) is 3.49. The number of aromatic hydroxyl groups is 1. The van der Waals surface area contributed by atoms with Gasteiger partial charge in [-0.05, 0) is 36.4 Å². The molecule has 0 radical (unpaired) electrons. The van der Waals surface area contributed by atoms with Gasteiger partial charge in [-0.15, -0.1) is 0 Å². The summed E-state index contributed by atoms with van der Waals surface area (Å²) >= 11 is 0. The predicted octanol–water partition coefficient (Wildman–Crippen LogP) is 2.29. The fraction of sp³-hybridized carbons (Fsp3) is 0.167. The molecular formula is C18H17N3O4. The molecule has 128 valence electrons. The molecule has 0 atom stereocenters. The SMILES string of the molecule is COc1ccc(-c2ncnc(-c3ccc(OCCO)cc3O)n2)cc1. The first kappa shape index (κ1) is 16.7. The number of hydrogen-bond acceptors (Lipinski definition) is 7. The van der Waals surface area contributed by atoms with Crippen molar-refractivity contribution in [3.05, 3.63) is 48.8 Å². The first-order valence-electron chi connectivity index (χ1n) is 7.62. The smallest absolute Gasteiger partial charge is 0.167 e. The van der Waals surface area contributed by atoms with E-state index in [9.17, 15) is 5.11 Å². The quantitative estimate of drug-likeness (QED) is 0.711. The standard InChI is InChI=1S/C18H17N3O4/c1-24-13-4-2-12(3-5-13)17-19-11-20-18(21-17)15-7-6-14(10-16(15)23)25-9-8-22/h2-7,10-11,22-23H,8-9H2,1H3. The Balaban J connectivity index is 1.90. The minimum atomic E-state index is -0.0960. The minimum Gasteiger partial charge on any atom is -0.507 e. The van der Waals surface area contributed by atoms with E-state index in [1.807, 2.05) is 24.3 Å². The van der Waals surface area contributed by atoms with E-state index in [0.717, 1.165) is 11.3 Å². The number of phenols is 1. The normalized spacial score (nSPS) is 10.5.